The standard InChI is InChI=1S/C17H17N3/c1-2-6-15-14(5-1)12-19-17(15)13-7-8-18-16(11-13)20-9-3-4-10-20/h1-2,5-8,11H,3-4,9-10,12H2. The molecule has 1 aromatic carbocycles. The molecule has 20 heavy (non-hydrogen) atoms. The summed E-state index contributed by atoms with van der Waals surface area (Å²) < 4.78 is 0. The van der Waals surface area contributed by atoms with E-state index in [0.29, 0.717) is 0 Å². The summed E-state index contributed by atoms with van der Waals surface area (Å²) in [6, 6.07) is 12.8. The average molecular weight is 263 g/mol. The Kier molecular flexibility index (Phi) is 2.76. The molecule has 3 heteroatoms. The minimum absolute atomic E-state index is 0.798. The van der Waals surface area contributed by atoms with Gasteiger partial charge in [0.15, 0.2) is 0 Å². The Labute approximate surface area is 119 Å². The zero-order valence-corrected chi connectivity index (χ0v) is 11.4. The number of nitrogens with zero attached hydrogens (tertiary/aromatic N) is 3. The van der Waals surface area contributed by atoms with E-state index in [-0.39, 0.29) is 0 Å². The van der Waals surface area contributed by atoms with E-state index in [0.717, 1.165) is 31.2 Å². The highest BCUT2D eigenvalue weighted by Gasteiger charge is 2.19. The molecule has 3 heterocycles. The third kappa shape index (κ3) is 1.90. The number of fused-ring (bicyclic) bond motifs is 1. The summed E-state index contributed by atoms with van der Waals surface area (Å²) in [7, 11) is 0. The molecule has 0 spiro atoms. The maximum Gasteiger partial charge on any atom is 0.129 e. The molecule has 0 N–H and O–H groups in total. The van der Waals surface area contributed by atoms with Crippen LogP contribution in [0.3, 0.4) is 0 Å². The molecule has 4 rings (SSSR count). The zero-order chi connectivity index (χ0) is 13.4. The topological polar surface area (TPSA) is 28.5 Å². The normalized spacial score (nSPS) is 17.2. The van der Waals surface area contributed by atoms with Crippen molar-refractivity contribution in [3.63, 3.8) is 0 Å². The average Bonchev–Trinajstić information content (AvgIpc) is 3.17. The number of hydrogen-bond acceptors (Lipinski definition) is 3. The van der Waals surface area contributed by atoms with Crippen molar-refractivity contribution >= 4 is 11.5 Å². The van der Waals surface area contributed by atoms with E-state index in [1.807, 2.05) is 6.20 Å². The molecule has 0 atom stereocenters. The van der Waals surface area contributed by atoms with Gasteiger partial charge in [0.2, 0.25) is 0 Å². The first kappa shape index (κ1) is 11.6. The van der Waals surface area contributed by atoms with Crippen LogP contribution in [0.2, 0.25) is 0 Å². The Hall–Kier alpha value is -2.16. The second kappa shape index (κ2) is 4.75. The summed E-state index contributed by atoms with van der Waals surface area (Å²) in [6.07, 6.45) is 4.46. The Balaban J connectivity index is 1.71. The third-order valence-electron chi connectivity index (χ3n) is 4.13. The summed E-state index contributed by atoms with van der Waals surface area (Å²) in [5.74, 6) is 1.09. The molecule has 0 bridgehead atoms. The molecule has 0 unspecified atom stereocenters. The van der Waals surface area contributed by atoms with Gasteiger partial charge in [0, 0.05) is 30.4 Å². The van der Waals surface area contributed by atoms with Crippen LogP contribution in [-0.4, -0.2) is 23.8 Å². The molecular formula is C17H17N3. The van der Waals surface area contributed by atoms with Gasteiger partial charge in [0.1, 0.15) is 5.82 Å². The lowest BCUT2D eigenvalue weighted by atomic mass is 10.0. The quantitative estimate of drug-likeness (QED) is 0.833. The van der Waals surface area contributed by atoms with Crippen molar-refractivity contribution in [3.05, 3.63) is 59.3 Å². The van der Waals surface area contributed by atoms with Crippen LogP contribution in [-0.2, 0) is 6.54 Å². The SMILES string of the molecule is c1ccc2c(c1)CN=C2c1ccnc(N2CCCC2)c1. The first-order valence-electron chi connectivity index (χ1n) is 7.26. The molecule has 2 aliphatic rings. The Bertz CT molecular complexity index is 669. The number of hydrogen-bond donors (Lipinski definition) is 0. The van der Waals surface area contributed by atoms with E-state index in [9.17, 15) is 0 Å². The maximum absolute atomic E-state index is 4.71. The number of aromatic nitrogens is 1. The summed E-state index contributed by atoms with van der Waals surface area (Å²) in [5.41, 5.74) is 4.89. The van der Waals surface area contributed by atoms with Gasteiger partial charge < -0.3 is 4.90 Å². The molecule has 2 aliphatic heterocycles. The molecule has 0 amide bonds. The molecule has 0 aliphatic carbocycles. The first-order valence-corrected chi connectivity index (χ1v) is 7.26. The van der Waals surface area contributed by atoms with E-state index < -0.39 is 0 Å². The Morgan fingerprint density at radius 3 is 2.75 bits per heavy atom. The van der Waals surface area contributed by atoms with E-state index >= 15 is 0 Å². The van der Waals surface area contributed by atoms with Crippen LogP contribution >= 0.6 is 0 Å². The van der Waals surface area contributed by atoms with Crippen LogP contribution in [0.25, 0.3) is 0 Å². The predicted octanol–water partition coefficient (Wildman–Crippen LogP) is 3.03. The van der Waals surface area contributed by atoms with Gasteiger partial charge in [0.25, 0.3) is 0 Å². The fraction of sp³-hybridized carbons (Fsp3) is 0.294. The minimum Gasteiger partial charge on any atom is -0.357 e. The Morgan fingerprint density at radius 2 is 1.85 bits per heavy atom. The summed E-state index contributed by atoms with van der Waals surface area (Å²) in [4.78, 5) is 11.6. The van der Waals surface area contributed by atoms with E-state index in [1.54, 1.807) is 0 Å². The zero-order valence-electron chi connectivity index (χ0n) is 11.4. The van der Waals surface area contributed by atoms with Crippen LogP contribution in [0.15, 0.2) is 47.6 Å². The molecular weight excluding hydrogens is 246 g/mol. The van der Waals surface area contributed by atoms with Crippen molar-refractivity contribution < 1.29 is 0 Å². The molecule has 0 saturated carbocycles. The molecule has 0 radical (unpaired) electrons. The molecule has 1 aromatic heterocycles. The lowest BCUT2D eigenvalue weighted by Gasteiger charge is -2.17. The first-order chi connectivity index (χ1) is 9.92. The van der Waals surface area contributed by atoms with Crippen molar-refractivity contribution in [2.24, 2.45) is 4.99 Å². The van der Waals surface area contributed by atoms with E-state index in [2.05, 4.69) is 46.3 Å². The number of anilines is 1. The van der Waals surface area contributed by atoms with Crippen LogP contribution in [0.1, 0.15) is 29.5 Å². The molecule has 2 aromatic rings. The van der Waals surface area contributed by atoms with Gasteiger partial charge in [-0.2, -0.15) is 0 Å². The highest BCUT2D eigenvalue weighted by Crippen LogP contribution is 2.25. The monoisotopic (exact) mass is 263 g/mol. The number of aliphatic imine (C=N–C) groups is 1. The third-order valence-corrected chi connectivity index (χ3v) is 4.13. The van der Waals surface area contributed by atoms with Gasteiger partial charge in [-0.1, -0.05) is 24.3 Å². The van der Waals surface area contributed by atoms with Gasteiger partial charge in [-0.3, -0.25) is 4.99 Å². The Morgan fingerprint density at radius 1 is 1.00 bits per heavy atom. The molecule has 1 fully saturated rings. The lowest BCUT2D eigenvalue weighted by molar-refractivity contribution is 0.937. The summed E-state index contributed by atoms with van der Waals surface area (Å²) in [5, 5.41) is 0. The van der Waals surface area contributed by atoms with Crippen molar-refractivity contribution in [1.29, 1.82) is 0 Å². The second-order valence-corrected chi connectivity index (χ2v) is 5.42. The van der Waals surface area contributed by atoms with E-state index in [1.165, 1.54) is 29.5 Å². The number of pyridine rings is 1. The molecule has 100 valence electrons. The van der Waals surface area contributed by atoms with E-state index in [4.69, 9.17) is 4.99 Å². The number of rotatable bonds is 2. The highest BCUT2D eigenvalue weighted by molar-refractivity contribution is 6.15. The predicted molar refractivity (Wildman–Crippen MR) is 81.5 cm³/mol. The summed E-state index contributed by atoms with van der Waals surface area (Å²) in [6.45, 7) is 3.05. The highest BCUT2D eigenvalue weighted by atomic mass is 15.2. The maximum atomic E-state index is 4.71. The van der Waals surface area contributed by atoms with Gasteiger partial charge in [-0.25, -0.2) is 4.98 Å². The molecule has 3 nitrogen and oxygen atoms in total. The fourth-order valence-corrected chi connectivity index (χ4v) is 3.07. The van der Waals surface area contributed by atoms with Crippen LogP contribution in [0.4, 0.5) is 5.82 Å². The largest absolute Gasteiger partial charge is 0.357 e. The molecule has 1 saturated heterocycles. The van der Waals surface area contributed by atoms with Crippen molar-refractivity contribution in [2.75, 3.05) is 18.0 Å². The number of benzene rings is 1. The van der Waals surface area contributed by atoms with Crippen LogP contribution in [0, 0.1) is 0 Å². The van der Waals surface area contributed by atoms with Gasteiger partial charge >= 0.3 is 0 Å². The van der Waals surface area contributed by atoms with Crippen LogP contribution in [0.5, 0.6) is 0 Å². The summed E-state index contributed by atoms with van der Waals surface area (Å²) >= 11 is 0. The van der Waals surface area contributed by atoms with Crippen molar-refractivity contribution in [1.82, 2.24) is 4.98 Å². The second-order valence-electron chi connectivity index (χ2n) is 5.42. The lowest BCUT2D eigenvalue weighted by Crippen LogP contribution is -2.19. The smallest absolute Gasteiger partial charge is 0.129 e. The van der Waals surface area contributed by atoms with Gasteiger partial charge in [0.05, 0.1) is 12.3 Å². The fourth-order valence-electron chi connectivity index (χ4n) is 3.07. The van der Waals surface area contributed by atoms with Crippen molar-refractivity contribution in [2.45, 2.75) is 19.4 Å². The minimum atomic E-state index is 0.798. The van der Waals surface area contributed by atoms with Crippen LogP contribution < -0.4 is 4.90 Å². The van der Waals surface area contributed by atoms with Gasteiger partial charge in [-0.05, 0) is 30.5 Å². The van der Waals surface area contributed by atoms with Gasteiger partial charge in [-0.15, -0.1) is 0 Å². The van der Waals surface area contributed by atoms with Crippen molar-refractivity contribution in [3.8, 4) is 0 Å².